The van der Waals surface area contributed by atoms with E-state index in [0.29, 0.717) is 0 Å². The highest BCUT2D eigenvalue weighted by molar-refractivity contribution is 4.65. The number of hydrogen-bond acceptors (Lipinski definition) is 2. The molecule has 84 valence electrons. The first-order valence-corrected chi connectivity index (χ1v) is 5.03. The van der Waals surface area contributed by atoms with Gasteiger partial charge in [-0.2, -0.15) is 13.2 Å². The van der Waals surface area contributed by atoms with E-state index in [1.165, 1.54) is 0 Å². The van der Waals surface area contributed by atoms with Crippen molar-refractivity contribution in [3.63, 3.8) is 0 Å². The molecule has 0 aliphatic heterocycles. The first kappa shape index (κ1) is 11.8. The second-order valence-corrected chi connectivity index (χ2v) is 3.64. The van der Waals surface area contributed by atoms with Gasteiger partial charge in [0.25, 0.3) is 0 Å². The third-order valence-corrected chi connectivity index (χ3v) is 2.29. The highest BCUT2D eigenvalue weighted by Crippen LogP contribution is 2.21. The second kappa shape index (κ2) is 5.56. The van der Waals surface area contributed by atoms with E-state index in [2.05, 4.69) is 5.48 Å². The number of rotatable bonds is 5. The van der Waals surface area contributed by atoms with Crippen molar-refractivity contribution >= 4 is 0 Å². The zero-order valence-electron chi connectivity index (χ0n) is 8.07. The third-order valence-electron chi connectivity index (χ3n) is 2.29. The van der Waals surface area contributed by atoms with Gasteiger partial charge in [-0.25, -0.2) is 5.48 Å². The largest absolute Gasteiger partial charge is 0.389 e. The first-order chi connectivity index (χ1) is 6.58. The molecular formula is C9H16F3NO. The lowest BCUT2D eigenvalue weighted by molar-refractivity contribution is -0.136. The Balaban J connectivity index is 1.89. The van der Waals surface area contributed by atoms with Crippen LogP contribution in [0.5, 0.6) is 0 Å². The molecule has 1 aliphatic rings. The maximum Gasteiger partial charge on any atom is 0.389 e. The maximum absolute atomic E-state index is 11.7. The average Bonchev–Trinajstić information content (AvgIpc) is 2.54. The van der Waals surface area contributed by atoms with Crippen LogP contribution in [0.2, 0.25) is 0 Å². The van der Waals surface area contributed by atoms with Crippen molar-refractivity contribution in [1.29, 1.82) is 0 Å². The van der Waals surface area contributed by atoms with E-state index in [4.69, 9.17) is 4.84 Å². The Labute approximate surface area is 81.8 Å². The lowest BCUT2D eigenvalue weighted by Gasteiger charge is -2.11. The van der Waals surface area contributed by atoms with Gasteiger partial charge in [-0.1, -0.05) is 12.8 Å². The quantitative estimate of drug-likeness (QED) is 0.557. The van der Waals surface area contributed by atoms with Crippen LogP contribution in [0, 0.1) is 0 Å². The monoisotopic (exact) mass is 211 g/mol. The summed E-state index contributed by atoms with van der Waals surface area (Å²) in [4.78, 5) is 5.20. The highest BCUT2D eigenvalue weighted by Gasteiger charge is 2.25. The van der Waals surface area contributed by atoms with Crippen LogP contribution in [-0.2, 0) is 4.84 Å². The van der Waals surface area contributed by atoms with E-state index in [-0.39, 0.29) is 19.1 Å². The Bertz CT molecular complexity index is 155. The van der Waals surface area contributed by atoms with Crippen molar-refractivity contribution in [2.24, 2.45) is 0 Å². The Morgan fingerprint density at radius 2 is 1.86 bits per heavy atom. The van der Waals surface area contributed by atoms with Gasteiger partial charge in [0, 0.05) is 13.0 Å². The van der Waals surface area contributed by atoms with Crippen molar-refractivity contribution in [3.8, 4) is 0 Å². The molecule has 0 heterocycles. The normalized spacial score (nSPS) is 19.1. The lowest BCUT2D eigenvalue weighted by Crippen LogP contribution is -2.23. The molecule has 1 rings (SSSR count). The van der Waals surface area contributed by atoms with Gasteiger partial charge in [-0.05, 0) is 19.3 Å². The molecule has 1 N–H and O–H groups in total. The summed E-state index contributed by atoms with van der Waals surface area (Å²) in [7, 11) is 0. The van der Waals surface area contributed by atoms with Crippen LogP contribution in [0.15, 0.2) is 0 Å². The molecular weight excluding hydrogens is 195 g/mol. The minimum absolute atomic E-state index is 0.0796. The summed E-state index contributed by atoms with van der Waals surface area (Å²) in [6.07, 6.45) is -0.136. The fraction of sp³-hybridized carbons (Fsp3) is 1.00. The molecule has 1 fully saturated rings. The molecule has 0 amide bonds. The first-order valence-electron chi connectivity index (χ1n) is 5.03. The number of hydroxylamine groups is 1. The van der Waals surface area contributed by atoms with Gasteiger partial charge in [0.15, 0.2) is 0 Å². The molecule has 0 aromatic rings. The lowest BCUT2D eigenvalue weighted by atomic mass is 10.3. The molecule has 0 unspecified atom stereocenters. The maximum atomic E-state index is 11.7. The van der Waals surface area contributed by atoms with Crippen LogP contribution in [0.4, 0.5) is 13.2 Å². The second-order valence-electron chi connectivity index (χ2n) is 3.64. The van der Waals surface area contributed by atoms with Crippen LogP contribution in [0.3, 0.4) is 0 Å². The predicted octanol–water partition coefficient (Wildman–Crippen LogP) is 2.79. The van der Waals surface area contributed by atoms with E-state index in [9.17, 15) is 13.2 Å². The van der Waals surface area contributed by atoms with Gasteiger partial charge in [0.1, 0.15) is 0 Å². The summed E-state index contributed by atoms with van der Waals surface area (Å²) < 4.78 is 35.1. The fourth-order valence-corrected chi connectivity index (χ4v) is 1.54. The number of alkyl halides is 3. The summed E-state index contributed by atoms with van der Waals surface area (Å²) in [5.41, 5.74) is 2.60. The van der Waals surface area contributed by atoms with E-state index in [1.807, 2.05) is 0 Å². The van der Waals surface area contributed by atoms with Crippen LogP contribution >= 0.6 is 0 Å². The molecule has 0 radical (unpaired) electrons. The van der Waals surface area contributed by atoms with Crippen LogP contribution in [0.25, 0.3) is 0 Å². The zero-order valence-corrected chi connectivity index (χ0v) is 8.07. The third kappa shape index (κ3) is 5.44. The average molecular weight is 211 g/mol. The van der Waals surface area contributed by atoms with Crippen LogP contribution in [-0.4, -0.2) is 18.8 Å². The zero-order chi connectivity index (χ0) is 10.4. The summed E-state index contributed by atoms with van der Waals surface area (Å²) in [6, 6.07) is 0. The van der Waals surface area contributed by atoms with Crippen molar-refractivity contribution in [3.05, 3.63) is 0 Å². The molecule has 0 atom stereocenters. The summed E-state index contributed by atoms with van der Waals surface area (Å²) in [5, 5.41) is 0. The molecule has 0 aromatic heterocycles. The van der Waals surface area contributed by atoms with E-state index >= 15 is 0 Å². The van der Waals surface area contributed by atoms with Gasteiger partial charge < -0.3 is 0 Å². The highest BCUT2D eigenvalue weighted by atomic mass is 19.4. The van der Waals surface area contributed by atoms with Crippen molar-refractivity contribution in [1.82, 2.24) is 5.48 Å². The Morgan fingerprint density at radius 1 is 1.21 bits per heavy atom. The van der Waals surface area contributed by atoms with Gasteiger partial charge in [0.2, 0.25) is 0 Å². The molecule has 1 aliphatic carbocycles. The molecule has 0 bridgehead atoms. The number of hydrogen-bond donors (Lipinski definition) is 1. The summed E-state index contributed by atoms with van der Waals surface area (Å²) in [6.45, 7) is 0.274. The van der Waals surface area contributed by atoms with Crippen molar-refractivity contribution < 1.29 is 18.0 Å². The molecule has 0 spiro atoms. The molecule has 0 saturated heterocycles. The Hall–Kier alpha value is -0.290. The number of halogens is 3. The molecule has 2 nitrogen and oxygen atoms in total. The molecule has 0 aromatic carbocycles. The summed E-state index contributed by atoms with van der Waals surface area (Å²) >= 11 is 0. The smallest absolute Gasteiger partial charge is 0.299 e. The topological polar surface area (TPSA) is 21.3 Å². The van der Waals surface area contributed by atoms with E-state index in [0.717, 1.165) is 25.7 Å². The minimum Gasteiger partial charge on any atom is -0.299 e. The summed E-state index contributed by atoms with van der Waals surface area (Å²) in [5.74, 6) is 0. The van der Waals surface area contributed by atoms with E-state index < -0.39 is 12.6 Å². The van der Waals surface area contributed by atoms with Crippen LogP contribution in [0.1, 0.15) is 38.5 Å². The van der Waals surface area contributed by atoms with Crippen molar-refractivity contribution in [2.45, 2.75) is 50.8 Å². The molecule has 14 heavy (non-hydrogen) atoms. The van der Waals surface area contributed by atoms with Gasteiger partial charge in [0.05, 0.1) is 6.10 Å². The predicted molar refractivity (Wildman–Crippen MR) is 46.6 cm³/mol. The van der Waals surface area contributed by atoms with E-state index in [1.54, 1.807) is 0 Å². The Morgan fingerprint density at radius 3 is 2.43 bits per heavy atom. The SMILES string of the molecule is FC(F)(F)CCCNOC1CCCC1. The minimum atomic E-state index is -4.05. The molecule has 1 saturated carbocycles. The molecule has 5 heteroatoms. The Kier molecular flexibility index (Phi) is 4.68. The standard InChI is InChI=1S/C9H16F3NO/c10-9(11,12)6-3-7-13-14-8-4-1-2-5-8/h8,13H,1-7H2. The number of nitrogens with one attached hydrogen (secondary N) is 1. The van der Waals surface area contributed by atoms with Gasteiger partial charge in [-0.3, -0.25) is 4.84 Å². The fourth-order valence-electron chi connectivity index (χ4n) is 1.54. The van der Waals surface area contributed by atoms with Gasteiger partial charge in [-0.15, -0.1) is 0 Å². The van der Waals surface area contributed by atoms with Crippen LogP contribution < -0.4 is 5.48 Å². The van der Waals surface area contributed by atoms with Crippen molar-refractivity contribution in [2.75, 3.05) is 6.54 Å². The van der Waals surface area contributed by atoms with Gasteiger partial charge >= 0.3 is 6.18 Å².